The Labute approximate surface area is 82.8 Å². The molecule has 13 heavy (non-hydrogen) atoms. The molecular weight excluding hydrogens is 204 g/mol. The molecule has 0 atom stereocenters. The summed E-state index contributed by atoms with van der Waals surface area (Å²) in [7, 11) is 0. The van der Waals surface area contributed by atoms with Crippen molar-refractivity contribution in [2.75, 3.05) is 0 Å². The molecule has 0 spiro atoms. The number of benzene rings is 1. The van der Waals surface area contributed by atoms with Gasteiger partial charge in [-0.2, -0.15) is 4.99 Å². The van der Waals surface area contributed by atoms with E-state index >= 15 is 0 Å². The average molecular weight is 208 g/mol. The fourth-order valence-electron chi connectivity index (χ4n) is 1.06. The quantitative estimate of drug-likeness (QED) is 0.445. The first-order valence-corrected chi connectivity index (χ1v) is 4.73. The molecule has 0 saturated heterocycles. The average Bonchev–Trinajstić information content (AvgIpc) is 2.44. The second-order valence-electron chi connectivity index (χ2n) is 2.40. The van der Waals surface area contributed by atoms with E-state index in [-0.39, 0.29) is 0 Å². The van der Waals surface area contributed by atoms with Crippen LogP contribution in [0.3, 0.4) is 0 Å². The van der Waals surface area contributed by atoms with Crippen molar-refractivity contribution in [1.29, 1.82) is 0 Å². The number of rotatable bonds is 1. The van der Waals surface area contributed by atoms with E-state index in [1.807, 2.05) is 6.07 Å². The van der Waals surface area contributed by atoms with E-state index in [4.69, 9.17) is 12.2 Å². The van der Waals surface area contributed by atoms with E-state index in [0.29, 0.717) is 5.69 Å². The molecule has 2 aromatic rings. The van der Waals surface area contributed by atoms with Gasteiger partial charge in [0.2, 0.25) is 6.08 Å². The third-order valence-electron chi connectivity index (χ3n) is 1.58. The van der Waals surface area contributed by atoms with Crippen LogP contribution in [0, 0.1) is 3.95 Å². The normalized spacial score (nSPS) is 9.85. The van der Waals surface area contributed by atoms with Gasteiger partial charge in [-0.05, 0) is 30.4 Å². The first kappa shape index (κ1) is 8.31. The lowest BCUT2D eigenvalue weighted by molar-refractivity contribution is 0.565. The Hall–Kier alpha value is -1.29. The molecule has 64 valence electrons. The number of nitrogens with one attached hydrogen (secondary N) is 1. The number of nitrogens with zero attached hydrogens (tertiary/aromatic N) is 1. The highest BCUT2D eigenvalue weighted by Crippen LogP contribution is 2.24. The molecule has 0 unspecified atom stereocenters. The first-order chi connectivity index (χ1) is 6.29. The van der Waals surface area contributed by atoms with E-state index in [0.717, 1.165) is 14.2 Å². The summed E-state index contributed by atoms with van der Waals surface area (Å²) in [4.78, 5) is 16.5. The van der Waals surface area contributed by atoms with Crippen LogP contribution in [0.5, 0.6) is 0 Å². The standard InChI is InChI=1S/C8H4N2OS2/c11-4-9-5-1-2-6-7(3-5)13-8(12)10-6/h1-3H,(H,10,12). The molecule has 1 heterocycles. The fraction of sp³-hybridized carbons (Fsp3) is 0. The molecular formula is C8H4N2OS2. The van der Waals surface area contributed by atoms with Crippen LogP contribution in [-0.2, 0) is 4.79 Å². The van der Waals surface area contributed by atoms with Crippen LogP contribution in [0.4, 0.5) is 5.69 Å². The van der Waals surface area contributed by atoms with Crippen molar-refractivity contribution in [2.24, 2.45) is 4.99 Å². The molecule has 0 aliphatic heterocycles. The van der Waals surface area contributed by atoms with Crippen molar-refractivity contribution in [3.63, 3.8) is 0 Å². The van der Waals surface area contributed by atoms with Gasteiger partial charge in [-0.3, -0.25) is 0 Å². The monoisotopic (exact) mass is 208 g/mol. The van der Waals surface area contributed by atoms with Crippen LogP contribution < -0.4 is 0 Å². The SMILES string of the molecule is O=C=Nc1ccc2[nH]c(=S)sc2c1. The Morgan fingerprint density at radius 2 is 2.38 bits per heavy atom. The Morgan fingerprint density at radius 3 is 3.15 bits per heavy atom. The topological polar surface area (TPSA) is 45.2 Å². The zero-order valence-electron chi connectivity index (χ0n) is 6.40. The Bertz CT molecular complexity index is 549. The van der Waals surface area contributed by atoms with E-state index in [1.165, 1.54) is 17.4 Å². The lowest BCUT2D eigenvalue weighted by atomic mass is 10.3. The Kier molecular flexibility index (Phi) is 2.06. The van der Waals surface area contributed by atoms with Crippen molar-refractivity contribution in [3.8, 4) is 0 Å². The summed E-state index contributed by atoms with van der Waals surface area (Å²) >= 11 is 6.44. The molecule has 1 N–H and O–H groups in total. The van der Waals surface area contributed by atoms with Crippen molar-refractivity contribution in [2.45, 2.75) is 0 Å². The van der Waals surface area contributed by atoms with E-state index < -0.39 is 0 Å². The zero-order valence-corrected chi connectivity index (χ0v) is 8.04. The van der Waals surface area contributed by atoms with Crippen LogP contribution in [0.15, 0.2) is 23.2 Å². The predicted octanol–water partition coefficient (Wildman–Crippen LogP) is 2.93. The number of hydrogen-bond acceptors (Lipinski definition) is 4. The van der Waals surface area contributed by atoms with Crippen molar-refractivity contribution < 1.29 is 4.79 Å². The third kappa shape index (κ3) is 1.58. The number of aliphatic imine (C=N–C) groups is 1. The first-order valence-electron chi connectivity index (χ1n) is 3.50. The highest BCUT2D eigenvalue weighted by atomic mass is 32.1. The molecule has 0 aliphatic rings. The van der Waals surface area contributed by atoms with Gasteiger partial charge in [0, 0.05) is 0 Å². The van der Waals surface area contributed by atoms with Gasteiger partial charge in [0.05, 0.1) is 15.9 Å². The minimum Gasteiger partial charge on any atom is -0.337 e. The molecule has 5 heteroatoms. The van der Waals surface area contributed by atoms with Gasteiger partial charge < -0.3 is 4.98 Å². The Balaban J connectivity index is 2.74. The number of hydrogen-bond donors (Lipinski definition) is 1. The smallest absolute Gasteiger partial charge is 0.240 e. The van der Waals surface area contributed by atoms with Gasteiger partial charge in [-0.15, -0.1) is 11.3 Å². The van der Waals surface area contributed by atoms with Gasteiger partial charge in [0.1, 0.15) is 0 Å². The zero-order chi connectivity index (χ0) is 9.26. The minimum absolute atomic E-state index is 0.604. The molecule has 0 amide bonds. The number of isocyanates is 1. The maximum atomic E-state index is 10.00. The molecule has 1 aromatic carbocycles. The van der Waals surface area contributed by atoms with Crippen molar-refractivity contribution in [3.05, 3.63) is 22.2 Å². The van der Waals surface area contributed by atoms with Crippen LogP contribution >= 0.6 is 23.6 Å². The number of thiazole rings is 1. The van der Waals surface area contributed by atoms with Gasteiger partial charge >= 0.3 is 0 Å². The third-order valence-corrected chi connectivity index (χ3v) is 2.78. The molecule has 0 bridgehead atoms. The summed E-state index contributed by atoms with van der Waals surface area (Å²) in [5, 5.41) is 0. The number of aromatic nitrogens is 1. The van der Waals surface area contributed by atoms with Gasteiger partial charge in [0.25, 0.3) is 0 Å². The lowest BCUT2D eigenvalue weighted by Crippen LogP contribution is -1.66. The van der Waals surface area contributed by atoms with Crippen molar-refractivity contribution >= 4 is 45.5 Å². The second-order valence-corrected chi connectivity index (χ2v) is 4.12. The number of H-pyrrole nitrogens is 1. The maximum absolute atomic E-state index is 10.00. The van der Waals surface area contributed by atoms with E-state index in [9.17, 15) is 4.79 Å². The molecule has 2 rings (SSSR count). The summed E-state index contributed by atoms with van der Waals surface area (Å²) in [6.07, 6.45) is 1.50. The summed E-state index contributed by atoms with van der Waals surface area (Å²) < 4.78 is 1.73. The van der Waals surface area contributed by atoms with Gasteiger partial charge in [-0.25, -0.2) is 4.79 Å². The largest absolute Gasteiger partial charge is 0.337 e. The summed E-state index contributed by atoms with van der Waals surface area (Å²) in [6.45, 7) is 0. The highest BCUT2D eigenvalue weighted by molar-refractivity contribution is 7.73. The predicted molar refractivity (Wildman–Crippen MR) is 54.8 cm³/mol. The van der Waals surface area contributed by atoms with Crippen molar-refractivity contribution in [1.82, 2.24) is 4.98 Å². The molecule has 0 radical (unpaired) electrons. The fourth-order valence-corrected chi connectivity index (χ4v) is 2.21. The molecule has 0 aliphatic carbocycles. The number of fused-ring (bicyclic) bond motifs is 1. The van der Waals surface area contributed by atoms with Gasteiger partial charge in [0.15, 0.2) is 3.95 Å². The highest BCUT2D eigenvalue weighted by Gasteiger charge is 1.97. The van der Waals surface area contributed by atoms with Crippen LogP contribution in [0.2, 0.25) is 0 Å². The second kappa shape index (κ2) is 3.22. The van der Waals surface area contributed by atoms with E-state index in [1.54, 1.807) is 12.1 Å². The molecule has 0 fully saturated rings. The minimum atomic E-state index is 0.604. The maximum Gasteiger partial charge on any atom is 0.240 e. The molecule has 3 nitrogen and oxygen atoms in total. The van der Waals surface area contributed by atoms with Crippen LogP contribution in [0.25, 0.3) is 10.2 Å². The number of aromatic amines is 1. The van der Waals surface area contributed by atoms with Crippen LogP contribution in [-0.4, -0.2) is 11.1 Å². The number of carbonyl (C=O) groups excluding carboxylic acids is 1. The molecule has 1 aromatic heterocycles. The summed E-state index contributed by atoms with van der Waals surface area (Å²) in [5.74, 6) is 0. The Morgan fingerprint density at radius 1 is 1.54 bits per heavy atom. The summed E-state index contributed by atoms with van der Waals surface area (Å²) in [6, 6.07) is 5.39. The summed E-state index contributed by atoms with van der Waals surface area (Å²) in [5.41, 5.74) is 1.58. The lowest BCUT2D eigenvalue weighted by Gasteiger charge is -1.89. The van der Waals surface area contributed by atoms with E-state index in [2.05, 4.69) is 9.98 Å². The van der Waals surface area contributed by atoms with Crippen LogP contribution in [0.1, 0.15) is 0 Å². The van der Waals surface area contributed by atoms with Gasteiger partial charge in [-0.1, -0.05) is 0 Å². The molecule has 0 saturated carbocycles.